The molecule has 0 aromatic rings. The van der Waals surface area contributed by atoms with Crippen molar-refractivity contribution >= 4 is 11.8 Å². The maximum Gasteiger partial charge on any atom is 0.319 e. The number of ether oxygens (including phenoxy) is 2. The van der Waals surface area contributed by atoms with Crippen molar-refractivity contribution < 1.29 is 19.1 Å². The zero-order chi connectivity index (χ0) is 19.3. The zero-order valence-electron chi connectivity index (χ0n) is 17.4. The highest BCUT2D eigenvalue weighted by Crippen LogP contribution is 2.33. The average molecular weight is 357 g/mol. The summed E-state index contributed by atoms with van der Waals surface area (Å²) in [4.78, 5) is 24.8. The van der Waals surface area contributed by atoms with Gasteiger partial charge in [0.05, 0.1) is 6.61 Å². The third-order valence-corrected chi connectivity index (χ3v) is 4.73. The van der Waals surface area contributed by atoms with Gasteiger partial charge in [0.2, 0.25) is 0 Å². The number of hydrogen-bond acceptors (Lipinski definition) is 4. The van der Waals surface area contributed by atoms with Gasteiger partial charge < -0.3 is 9.47 Å². The van der Waals surface area contributed by atoms with E-state index in [1.807, 2.05) is 27.7 Å². The van der Waals surface area contributed by atoms with E-state index in [0.29, 0.717) is 26.1 Å². The molecule has 4 heteroatoms. The fourth-order valence-corrected chi connectivity index (χ4v) is 3.17. The molecule has 0 aromatic heterocycles. The topological polar surface area (TPSA) is 52.6 Å². The summed E-state index contributed by atoms with van der Waals surface area (Å²) in [6.07, 6.45) is 8.03. The Morgan fingerprint density at radius 1 is 0.960 bits per heavy atom. The van der Waals surface area contributed by atoms with Crippen molar-refractivity contribution in [1.29, 1.82) is 0 Å². The van der Waals surface area contributed by atoms with Crippen LogP contribution in [0.4, 0.5) is 0 Å². The van der Waals surface area contributed by atoms with Gasteiger partial charge in [0.1, 0.15) is 17.3 Å². The first-order chi connectivity index (χ1) is 11.8. The molecule has 0 heterocycles. The van der Waals surface area contributed by atoms with Gasteiger partial charge in [-0.05, 0) is 39.0 Å². The third kappa shape index (κ3) is 9.39. The number of carbonyl (C=O) groups excluding carboxylic acids is 2. The van der Waals surface area contributed by atoms with Gasteiger partial charge in [-0.3, -0.25) is 9.59 Å². The molecule has 0 rings (SSSR count). The largest absolute Gasteiger partial charge is 0.459 e. The standard InChI is InChI=1S/C21H40O4/c1-7-9-10-11-12-13-14-24-16-18(5)25-20(23)21(8-2,19(6)22)15-17(3)4/h17-18H,7-16H2,1-6H3. The van der Waals surface area contributed by atoms with Gasteiger partial charge in [-0.25, -0.2) is 0 Å². The maximum absolute atomic E-state index is 12.6. The van der Waals surface area contributed by atoms with E-state index in [1.54, 1.807) is 0 Å². The van der Waals surface area contributed by atoms with Crippen molar-refractivity contribution in [2.45, 2.75) is 99.0 Å². The summed E-state index contributed by atoms with van der Waals surface area (Å²) in [5, 5.41) is 0. The monoisotopic (exact) mass is 356 g/mol. The van der Waals surface area contributed by atoms with E-state index in [2.05, 4.69) is 6.92 Å². The molecule has 0 saturated carbocycles. The fraction of sp³-hybridized carbons (Fsp3) is 0.905. The summed E-state index contributed by atoms with van der Waals surface area (Å²) >= 11 is 0. The lowest BCUT2D eigenvalue weighted by molar-refractivity contribution is -0.168. The van der Waals surface area contributed by atoms with Gasteiger partial charge in [-0.15, -0.1) is 0 Å². The molecule has 0 aliphatic carbocycles. The summed E-state index contributed by atoms with van der Waals surface area (Å²) in [5.41, 5.74) is -1.01. The summed E-state index contributed by atoms with van der Waals surface area (Å²) in [5.74, 6) is -0.239. The van der Waals surface area contributed by atoms with Crippen LogP contribution in [0.5, 0.6) is 0 Å². The Balaban J connectivity index is 4.23. The molecule has 0 N–H and O–H groups in total. The summed E-state index contributed by atoms with van der Waals surface area (Å²) in [6.45, 7) is 12.5. The minimum Gasteiger partial charge on any atom is -0.459 e. The highest BCUT2D eigenvalue weighted by atomic mass is 16.6. The van der Waals surface area contributed by atoms with Gasteiger partial charge in [0, 0.05) is 6.61 Å². The molecule has 4 nitrogen and oxygen atoms in total. The van der Waals surface area contributed by atoms with Gasteiger partial charge in [0.25, 0.3) is 0 Å². The summed E-state index contributed by atoms with van der Waals surface area (Å²) in [7, 11) is 0. The van der Waals surface area contributed by atoms with Crippen molar-refractivity contribution in [3.05, 3.63) is 0 Å². The second-order valence-electron chi connectivity index (χ2n) is 7.65. The van der Waals surface area contributed by atoms with E-state index in [1.165, 1.54) is 39.0 Å². The van der Waals surface area contributed by atoms with Gasteiger partial charge in [-0.2, -0.15) is 0 Å². The number of Topliss-reactive ketones (excluding diaryl/α,β-unsaturated/α-hetero) is 1. The highest BCUT2D eigenvalue weighted by molar-refractivity contribution is 6.02. The Kier molecular flexibility index (Phi) is 12.8. The molecule has 0 saturated heterocycles. The van der Waals surface area contributed by atoms with E-state index in [4.69, 9.17) is 9.47 Å². The molecule has 0 aliphatic heterocycles. The van der Waals surface area contributed by atoms with Gasteiger partial charge in [-0.1, -0.05) is 59.8 Å². The molecule has 0 fully saturated rings. The van der Waals surface area contributed by atoms with E-state index in [-0.39, 0.29) is 17.8 Å². The van der Waals surface area contributed by atoms with Gasteiger partial charge >= 0.3 is 5.97 Å². The Bertz CT molecular complexity index is 378. The van der Waals surface area contributed by atoms with Crippen LogP contribution in [0.15, 0.2) is 0 Å². The van der Waals surface area contributed by atoms with Crippen LogP contribution < -0.4 is 0 Å². The van der Waals surface area contributed by atoms with Crippen LogP contribution in [0.25, 0.3) is 0 Å². The molecule has 0 bridgehead atoms. The molecule has 148 valence electrons. The predicted molar refractivity (Wildman–Crippen MR) is 103 cm³/mol. The third-order valence-electron chi connectivity index (χ3n) is 4.73. The number of hydrogen-bond donors (Lipinski definition) is 0. The second-order valence-corrected chi connectivity index (χ2v) is 7.65. The van der Waals surface area contributed by atoms with Crippen LogP contribution >= 0.6 is 0 Å². The molecule has 2 atom stereocenters. The number of esters is 1. The molecule has 0 aromatic carbocycles. The van der Waals surface area contributed by atoms with Crippen LogP contribution in [-0.2, 0) is 19.1 Å². The first-order valence-corrected chi connectivity index (χ1v) is 10.1. The van der Waals surface area contributed by atoms with E-state index < -0.39 is 11.4 Å². The number of rotatable bonds is 15. The smallest absolute Gasteiger partial charge is 0.319 e. The molecular weight excluding hydrogens is 316 g/mol. The summed E-state index contributed by atoms with van der Waals surface area (Å²) < 4.78 is 11.2. The minimum atomic E-state index is -1.01. The number of carbonyl (C=O) groups is 2. The molecule has 0 amide bonds. The SMILES string of the molecule is CCCCCCCCOCC(C)OC(=O)C(CC)(CC(C)C)C(C)=O. The van der Waals surface area contributed by atoms with Crippen LogP contribution in [0.2, 0.25) is 0 Å². The lowest BCUT2D eigenvalue weighted by Gasteiger charge is -2.30. The number of unbranched alkanes of at least 4 members (excludes halogenated alkanes) is 5. The first-order valence-electron chi connectivity index (χ1n) is 10.1. The van der Waals surface area contributed by atoms with Crippen molar-refractivity contribution in [2.75, 3.05) is 13.2 Å². The zero-order valence-corrected chi connectivity index (χ0v) is 17.4. The van der Waals surface area contributed by atoms with Crippen molar-refractivity contribution in [3.63, 3.8) is 0 Å². The van der Waals surface area contributed by atoms with E-state index in [9.17, 15) is 9.59 Å². The van der Waals surface area contributed by atoms with Crippen LogP contribution in [0.3, 0.4) is 0 Å². The normalized spacial score (nSPS) is 15.0. The predicted octanol–water partition coefficient (Wildman–Crippen LogP) is 5.33. The summed E-state index contributed by atoms with van der Waals surface area (Å²) in [6, 6.07) is 0. The highest BCUT2D eigenvalue weighted by Gasteiger charge is 2.44. The average Bonchev–Trinajstić information content (AvgIpc) is 2.54. The lowest BCUT2D eigenvalue weighted by atomic mass is 9.75. The fourth-order valence-electron chi connectivity index (χ4n) is 3.17. The number of ketones is 1. The maximum atomic E-state index is 12.6. The van der Waals surface area contributed by atoms with Crippen LogP contribution in [0, 0.1) is 11.3 Å². The van der Waals surface area contributed by atoms with E-state index in [0.717, 1.165) is 6.42 Å². The molecular formula is C21H40O4. The van der Waals surface area contributed by atoms with Crippen LogP contribution in [-0.4, -0.2) is 31.1 Å². The molecule has 0 aliphatic rings. The Labute approximate surface area is 155 Å². The Morgan fingerprint density at radius 3 is 2.08 bits per heavy atom. The molecule has 0 spiro atoms. The lowest BCUT2D eigenvalue weighted by Crippen LogP contribution is -2.42. The molecule has 0 radical (unpaired) electrons. The van der Waals surface area contributed by atoms with Crippen molar-refractivity contribution in [2.24, 2.45) is 11.3 Å². The molecule has 25 heavy (non-hydrogen) atoms. The Morgan fingerprint density at radius 2 is 1.56 bits per heavy atom. The van der Waals surface area contributed by atoms with E-state index >= 15 is 0 Å². The van der Waals surface area contributed by atoms with Crippen LogP contribution in [0.1, 0.15) is 92.9 Å². The minimum absolute atomic E-state index is 0.103. The quantitative estimate of drug-likeness (QED) is 0.226. The Hall–Kier alpha value is -0.900. The van der Waals surface area contributed by atoms with Gasteiger partial charge in [0.15, 0.2) is 0 Å². The molecule has 2 unspecified atom stereocenters. The second kappa shape index (κ2) is 13.3. The van der Waals surface area contributed by atoms with Crippen molar-refractivity contribution in [1.82, 2.24) is 0 Å². The first kappa shape index (κ1) is 24.1. The van der Waals surface area contributed by atoms with Crippen molar-refractivity contribution in [3.8, 4) is 0 Å².